The van der Waals surface area contributed by atoms with Crippen molar-refractivity contribution in [1.29, 1.82) is 0 Å². The van der Waals surface area contributed by atoms with E-state index in [1.165, 1.54) is 11.8 Å². The first-order chi connectivity index (χ1) is 22.8. The van der Waals surface area contributed by atoms with Gasteiger partial charge in [0.05, 0.1) is 57.6 Å². The Morgan fingerprint density at radius 2 is 0.796 bits per heavy atom. The predicted octanol–water partition coefficient (Wildman–Crippen LogP) is -8.33. The van der Waals surface area contributed by atoms with Crippen LogP contribution in [0.1, 0.15) is 13.3 Å². The van der Waals surface area contributed by atoms with Crippen molar-refractivity contribution in [3.63, 3.8) is 0 Å². The summed E-state index contributed by atoms with van der Waals surface area (Å²) in [4.78, 5) is 62.7. The van der Waals surface area contributed by atoms with Crippen LogP contribution < -0.4 is 10.6 Å². The Morgan fingerprint density at radius 3 is 1.12 bits per heavy atom. The average molecular weight is 718 g/mol. The minimum Gasteiger partial charge on any atom is -0.480 e. The molecule has 0 rings (SSSR count). The van der Waals surface area contributed by atoms with Crippen LogP contribution in [-0.2, 0) is 24.0 Å². The fraction of sp³-hybridized carbons (Fsp3) is 0.815. The quantitative estimate of drug-likeness (QED) is 0.0357. The van der Waals surface area contributed by atoms with Gasteiger partial charge < -0.3 is 71.9 Å². The van der Waals surface area contributed by atoms with Crippen LogP contribution in [-0.4, -0.2) is 233 Å². The van der Waals surface area contributed by atoms with Gasteiger partial charge in [-0.25, -0.2) is 0 Å². The van der Waals surface area contributed by atoms with E-state index in [9.17, 15) is 80.1 Å². The molecule has 0 aromatic carbocycles. The zero-order valence-electron chi connectivity index (χ0n) is 27.1. The largest absolute Gasteiger partial charge is 0.480 e. The highest BCUT2D eigenvalue weighted by atomic mass is 16.4. The van der Waals surface area contributed by atoms with Crippen molar-refractivity contribution in [2.75, 3.05) is 78.6 Å². The van der Waals surface area contributed by atoms with E-state index in [4.69, 9.17) is 5.11 Å². The third kappa shape index (κ3) is 19.6. The molecule has 22 nitrogen and oxygen atoms in total. The lowest BCUT2D eigenvalue weighted by atomic mass is 10.0. The first kappa shape index (κ1) is 45.9. The summed E-state index contributed by atoms with van der Waals surface area (Å²) >= 11 is 0. The number of aliphatic hydroxyl groups excluding tert-OH is 9. The molecule has 0 aliphatic carbocycles. The topological polar surface area (TPSA) is 362 Å². The Labute approximate surface area is 281 Å². The summed E-state index contributed by atoms with van der Waals surface area (Å²) < 4.78 is 0. The van der Waals surface area contributed by atoms with E-state index in [1.54, 1.807) is 0 Å². The molecule has 8 unspecified atom stereocenters. The average Bonchev–Trinajstić information content (AvgIpc) is 3.03. The molecule has 0 spiro atoms. The summed E-state index contributed by atoms with van der Waals surface area (Å²) in [7, 11) is 0. The molecule has 49 heavy (non-hydrogen) atoms. The normalized spacial score (nSPS) is 16.8. The van der Waals surface area contributed by atoms with Gasteiger partial charge in [-0.05, 0) is 6.42 Å². The Morgan fingerprint density at radius 1 is 0.490 bits per heavy atom. The van der Waals surface area contributed by atoms with Gasteiger partial charge in [-0.2, -0.15) is 0 Å². The number of nitrogens with one attached hydrogen (secondary N) is 2. The number of carbonyl (C=O) groups excluding carboxylic acids is 2. The van der Waals surface area contributed by atoms with Crippen molar-refractivity contribution in [3.8, 4) is 0 Å². The Kier molecular flexibility index (Phi) is 22.6. The van der Waals surface area contributed by atoms with E-state index >= 15 is 0 Å². The third-order valence-electron chi connectivity index (χ3n) is 7.17. The molecule has 0 heterocycles. The maximum absolute atomic E-state index is 12.5. The molecule has 0 aromatic heterocycles. The number of aliphatic hydroxyl groups is 9. The van der Waals surface area contributed by atoms with Crippen molar-refractivity contribution in [2.24, 2.45) is 0 Å². The summed E-state index contributed by atoms with van der Waals surface area (Å²) in [6.45, 7) is -4.29. The van der Waals surface area contributed by atoms with Gasteiger partial charge in [-0.1, -0.05) is 6.92 Å². The monoisotopic (exact) mass is 717 g/mol. The van der Waals surface area contributed by atoms with Gasteiger partial charge in [0.1, 0.15) is 30.5 Å². The van der Waals surface area contributed by atoms with Crippen LogP contribution in [0.5, 0.6) is 0 Å². The number of carbonyl (C=O) groups is 5. The minimum absolute atomic E-state index is 0.0802. The summed E-state index contributed by atoms with van der Waals surface area (Å²) in [6.07, 6.45) is -13.9. The first-order valence-corrected chi connectivity index (χ1v) is 15.2. The lowest BCUT2D eigenvalue weighted by Gasteiger charge is -2.28. The molecular formula is C27H51N5O17. The lowest BCUT2D eigenvalue weighted by Crippen LogP contribution is -2.51. The van der Waals surface area contributed by atoms with Gasteiger partial charge in [0.15, 0.2) is 0 Å². The smallest absolute Gasteiger partial charge is 0.317 e. The van der Waals surface area contributed by atoms with Crippen molar-refractivity contribution in [3.05, 3.63) is 0 Å². The van der Waals surface area contributed by atoms with Crippen LogP contribution in [0.3, 0.4) is 0 Å². The van der Waals surface area contributed by atoms with Crippen molar-refractivity contribution < 1.29 is 85.3 Å². The number of hydrogen-bond donors (Lipinski definition) is 14. The van der Waals surface area contributed by atoms with Gasteiger partial charge in [0.25, 0.3) is 0 Å². The molecule has 0 aliphatic heterocycles. The van der Waals surface area contributed by atoms with Crippen LogP contribution in [0.15, 0.2) is 0 Å². The van der Waals surface area contributed by atoms with Gasteiger partial charge >= 0.3 is 17.9 Å². The molecule has 2 amide bonds. The van der Waals surface area contributed by atoms with E-state index in [0.29, 0.717) is 0 Å². The van der Waals surface area contributed by atoms with Gasteiger partial charge in [-0.15, -0.1) is 0 Å². The number of nitrogens with zero attached hydrogens (tertiary/aromatic N) is 3. The zero-order chi connectivity index (χ0) is 37.8. The lowest BCUT2D eigenvalue weighted by molar-refractivity contribution is -0.141. The number of aliphatic carboxylic acids is 3. The molecule has 0 aliphatic rings. The standard InChI is InChI=1S/C27H51N5O17/c1-2-15(34)24(46)25(47)16(35)7-28-19(38)9-31(12-22(42)43)5-3-30(11-21(40)41)4-6-32(13-23(44)45)10-20(39)29-8-17(36)26(48)27(49)18(37)14-33/h15-18,24-27,33-37,46-49H,2-14H2,1H3,(H,28,38)(H,29,39)(H,40,41)(H,42,43)(H,44,45). The van der Waals surface area contributed by atoms with Crippen LogP contribution >= 0.6 is 0 Å². The van der Waals surface area contributed by atoms with Crippen molar-refractivity contribution >= 4 is 29.7 Å². The van der Waals surface area contributed by atoms with Gasteiger partial charge in [-0.3, -0.25) is 38.7 Å². The molecule has 286 valence electrons. The van der Waals surface area contributed by atoms with E-state index in [1.807, 2.05) is 0 Å². The second kappa shape index (κ2) is 24.1. The van der Waals surface area contributed by atoms with Gasteiger partial charge in [0, 0.05) is 39.3 Å². The number of hydrogen-bond acceptors (Lipinski definition) is 17. The molecule has 22 heteroatoms. The highest BCUT2D eigenvalue weighted by molar-refractivity contribution is 5.79. The van der Waals surface area contributed by atoms with Gasteiger partial charge in [0.2, 0.25) is 11.8 Å². The summed E-state index contributed by atoms with van der Waals surface area (Å²) in [5, 5.41) is 120. The van der Waals surface area contributed by atoms with Crippen molar-refractivity contribution in [1.82, 2.24) is 25.3 Å². The Hall–Kier alpha value is -3.13. The highest BCUT2D eigenvalue weighted by Crippen LogP contribution is 2.08. The van der Waals surface area contributed by atoms with E-state index in [0.717, 1.165) is 9.80 Å². The second-order valence-electron chi connectivity index (χ2n) is 11.3. The first-order valence-electron chi connectivity index (χ1n) is 15.2. The fourth-order valence-corrected chi connectivity index (χ4v) is 4.29. The molecule has 0 fully saturated rings. The molecule has 8 atom stereocenters. The summed E-state index contributed by atoms with van der Waals surface area (Å²) in [5.74, 6) is -5.60. The SMILES string of the molecule is CCC(O)C(O)C(O)C(O)CNC(=O)CN(CCN(CCN(CC(=O)O)CC(=O)NCC(O)C(O)C(O)C(O)CO)CC(=O)O)CC(=O)O. The molecular weight excluding hydrogens is 666 g/mol. The number of rotatable bonds is 28. The number of amides is 2. The van der Waals surface area contributed by atoms with Crippen LogP contribution in [0.4, 0.5) is 0 Å². The fourth-order valence-electron chi connectivity index (χ4n) is 4.29. The van der Waals surface area contributed by atoms with Crippen LogP contribution in [0.2, 0.25) is 0 Å². The highest BCUT2D eigenvalue weighted by Gasteiger charge is 2.31. The van der Waals surface area contributed by atoms with E-state index in [-0.39, 0.29) is 32.6 Å². The zero-order valence-corrected chi connectivity index (χ0v) is 27.1. The Bertz CT molecular complexity index is 956. The number of carboxylic acid groups (broad SMARTS) is 3. The van der Waals surface area contributed by atoms with E-state index in [2.05, 4.69) is 10.6 Å². The molecule has 0 saturated carbocycles. The molecule has 14 N–H and O–H groups in total. The van der Waals surface area contributed by atoms with E-state index < -0.39 is 131 Å². The molecule has 0 bridgehead atoms. The number of carboxylic acids is 3. The van der Waals surface area contributed by atoms with Crippen molar-refractivity contribution in [2.45, 2.75) is 62.2 Å². The summed E-state index contributed by atoms with van der Waals surface area (Å²) in [5.41, 5.74) is 0. The molecule has 0 aromatic rings. The summed E-state index contributed by atoms with van der Waals surface area (Å²) in [6, 6.07) is 0. The Balaban J connectivity index is 5.28. The van der Waals surface area contributed by atoms with Crippen LogP contribution in [0, 0.1) is 0 Å². The predicted molar refractivity (Wildman–Crippen MR) is 164 cm³/mol. The maximum Gasteiger partial charge on any atom is 0.317 e. The molecule has 0 saturated heterocycles. The molecule has 0 radical (unpaired) electrons. The third-order valence-corrected chi connectivity index (χ3v) is 7.17. The second-order valence-corrected chi connectivity index (χ2v) is 11.3. The van der Waals surface area contributed by atoms with Crippen LogP contribution in [0.25, 0.3) is 0 Å². The maximum atomic E-state index is 12.5. The minimum atomic E-state index is -1.95.